The van der Waals surface area contributed by atoms with Gasteiger partial charge >= 0.3 is 11.9 Å². The molecule has 0 radical (unpaired) electrons. The summed E-state index contributed by atoms with van der Waals surface area (Å²) < 4.78 is 36.7. The molecule has 0 spiro atoms. The van der Waals surface area contributed by atoms with Crippen molar-refractivity contribution in [2.75, 3.05) is 6.61 Å². The third-order valence-electron chi connectivity index (χ3n) is 19.3. The highest BCUT2D eigenvalue weighted by molar-refractivity contribution is 5.76. The van der Waals surface area contributed by atoms with Crippen molar-refractivity contribution in [3.8, 4) is 0 Å². The molecular formula is C48H76O18. The van der Waals surface area contributed by atoms with Gasteiger partial charge in [-0.3, -0.25) is 4.79 Å². The van der Waals surface area contributed by atoms with Crippen LogP contribution in [0.5, 0.6) is 0 Å². The lowest BCUT2D eigenvalue weighted by molar-refractivity contribution is -0.395. The lowest BCUT2D eigenvalue weighted by Crippen LogP contribution is -2.68. The molecular weight excluding hydrogens is 865 g/mol. The molecule has 3 heterocycles. The van der Waals surface area contributed by atoms with Crippen molar-refractivity contribution >= 4 is 11.9 Å². The Morgan fingerprint density at radius 3 is 1.92 bits per heavy atom. The number of aliphatic hydroxyl groups excluding tert-OH is 8. The van der Waals surface area contributed by atoms with E-state index in [4.69, 9.17) is 28.4 Å². The van der Waals surface area contributed by atoms with E-state index in [1.54, 1.807) is 0 Å². The highest BCUT2D eigenvalue weighted by atomic mass is 16.8. The fourth-order valence-electron chi connectivity index (χ4n) is 15.1. The van der Waals surface area contributed by atoms with Crippen LogP contribution in [0.25, 0.3) is 0 Å². The maximum absolute atomic E-state index is 13.2. The molecule has 5 aliphatic carbocycles. The summed E-state index contributed by atoms with van der Waals surface area (Å²) in [6.45, 7) is 16.6. The third-order valence-corrected chi connectivity index (χ3v) is 19.3. The van der Waals surface area contributed by atoms with E-state index in [0.717, 1.165) is 44.9 Å². The van der Waals surface area contributed by atoms with Crippen molar-refractivity contribution in [3.05, 3.63) is 11.6 Å². The van der Waals surface area contributed by atoms with E-state index < -0.39 is 128 Å². The molecule has 10 N–H and O–H groups in total. The molecule has 8 rings (SSSR count). The van der Waals surface area contributed by atoms with Crippen LogP contribution in [0.4, 0.5) is 0 Å². The van der Waals surface area contributed by atoms with E-state index in [1.807, 2.05) is 0 Å². The molecule has 18 heteroatoms. The summed E-state index contributed by atoms with van der Waals surface area (Å²) >= 11 is 0. The number of hydrogen-bond acceptors (Lipinski definition) is 16. The van der Waals surface area contributed by atoms with E-state index in [-0.39, 0.29) is 39.4 Å². The molecule has 18 nitrogen and oxygen atoms in total. The summed E-state index contributed by atoms with van der Waals surface area (Å²) in [4.78, 5) is 26.0. The van der Waals surface area contributed by atoms with E-state index >= 15 is 0 Å². The first-order chi connectivity index (χ1) is 30.7. The molecule has 0 aromatic carbocycles. The smallest absolute Gasteiger partial charge is 0.335 e. The van der Waals surface area contributed by atoms with Gasteiger partial charge in [0, 0.05) is 0 Å². The predicted molar refractivity (Wildman–Crippen MR) is 230 cm³/mol. The number of hydrogen-bond donors (Lipinski definition) is 10. The quantitative estimate of drug-likeness (QED) is 0.117. The Balaban J connectivity index is 1.11. The fourth-order valence-corrected chi connectivity index (χ4v) is 15.1. The molecule has 66 heavy (non-hydrogen) atoms. The maximum atomic E-state index is 13.2. The second-order valence-corrected chi connectivity index (χ2v) is 23.5. The highest BCUT2D eigenvalue weighted by Crippen LogP contribution is 2.76. The zero-order chi connectivity index (χ0) is 48.4. The standard InChI is InChI=1S/C48H76O18/c1-21-28(50)30(52)32(54)39(61-21)64-35-34(56)36(38(57)58)65-41(37(35)66-40-33(55)31(53)29(51)24(20-49)62-40)63-27-12-13-45(6)25(44(27,4)5)11-14-47(8)26(45)10-9-22-23-19-43(2,3)15-17-48(23,42(59)60)18-16-46(22,47)7/h9,21,23-37,39-41,49-56H,10-20H2,1-8H3,(H,57,58)(H,59,60)/t21-,23-,24+,25+,26+,27-,28-,29+,30+,31-,32+,33+,34-,35-,36-,37+,39-,40-,41+,45-,46+,47+,48-/m0/s1. The minimum Gasteiger partial charge on any atom is -0.481 e. The van der Waals surface area contributed by atoms with Gasteiger partial charge in [-0.15, -0.1) is 0 Å². The van der Waals surface area contributed by atoms with Crippen molar-refractivity contribution in [2.45, 2.75) is 218 Å². The molecule has 0 aromatic heterocycles. The molecule has 0 aromatic rings. The lowest BCUT2D eigenvalue weighted by Gasteiger charge is -2.71. The second-order valence-electron chi connectivity index (χ2n) is 23.5. The van der Waals surface area contributed by atoms with Gasteiger partial charge in [-0.2, -0.15) is 0 Å². The van der Waals surface area contributed by atoms with Crippen LogP contribution < -0.4 is 0 Å². The summed E-state index contributed by atoms with van der Waals surface area (Å²) in [5.41, 5.74) is -0.505. The highest BCUT2D eigenvalue weighted by Gasteiger charge is 2.70. The van der Waals surface area contributed by atoms with Crippen molar-refractivity contribution in [1.82, 2.24) is 0 Å². The number of rotatable bonds is 9. The predicted octanol–water partition coefficient (Wildman–Crippen LogP) is 1.83. The lowest BCUT2D eigenvalue weighted by atomic mass is 9.33. The first kappa shape index (κ1) is 50.5. The molecule has 23 atom stereocenters. The Morgan fingerprint density at radius 1 is 0.667 bits per heavy atom. The average molecular weight is 941 g/mol. The Kier molecular flexibility index (Phi) is 13.4. The topological polar surface area (TPSA) is 292 Å². The van der Waals surface area contributed by atoms with Crippen molar-refractivity contribution < 1.29 is 89.1 Å². The van der Waals surface area contributed by atoms with Crippen LogP contribution in [0.1, 0.15) is 120 Å². The van der Waals surface area contributed by atoms with Gasteiger partial charge in [-0.25, -0.2) is 4.79 Å². The monoisotopic (exact) mass is 941 g/mol. The minimum atomic E-state index is -2.06. The molecule has 376 valence electrons. The Morgan fingerprint density at radius 2 is 1.29 bits per heavy atom. The van der Waals surface area contributed by atoms with Gasteiger partial charge in [-0.1, -0.05) is 60.1 Å². The summed E-state index contributed by atoms with van der Waals surface area (Å²) in [7, 11) is 0. The first-order valence-corrected chi connectivity index (χ1v) is 24.2. The minimum absolute atomic E-state index is 0.0241. The van der Waals surface area contributed by atoms with Gasteiger partial charge in [0.1, 0.15) is 61.0 Å². The van der Waals surface area contributed by atoms with E-state index in [2.05, 4.69) is 54.5 Å². The number of carboxylic acid groups (broad SMARTS) is 2. The van der Waals surface area contributed by atoms with Gasteiger partial charge in [0.15, 0.2) is 25.0 Å². The van der Waals surface area contributed by atoms with Gasteiger partial charge in [-0.05, 0) is 116 Å². The Labute approximate surface area is 386 Å². The van der Waals surface area contributed by atoms with Crippen molar-refractivity contribution in [2.24, 2.45) is 50.2 Å². The molecule has 8 aliphatic rings. The van der Waals surface area contributed by atoms with Crippen LogP contribution in [-0.2, 0) is 38.0 Å². The van der Waals surface area contributed by atoms with Crippen LogP contribution in [0, 0.1) is 50.2 Å². The third kappa shape index (κ3) is 7.74. The van der Waals surface area contributed by atoms with Crippen LogP contribution in [0.15, 0.2) is 11.6 Å². The summed E-state index contributed by atoms with van der Waals surface area (Å²) in [5.74, 6) is -1.96. The van der Waals surface area contributed by atoms with Crippen LogP contribution in [0.3, 0.4) is 0 Å². The zero-order valence-electron chi connectivity index (χ0n) is 39.6. The normalized spacial score (nSPS) is 53.3. The molecule has 3 aliphatic heterocycles. The average Bonchev–Trinajstić information content (AvgIpc) is 3.24. The Hall–Kier alpha value is -1.88. The molecule has 3 saturated heterocycles. The largest absolute Gasteiger partial charge is 0.481 e. The van der Waals surface area contributed by atoms with Gasteiger partial charge in [0.05, 0.1) is 24.2 Å². The van der Waals surface area contributed by atoms with E-state index in [9.17, 15) is 60.7 Å². The number of carbonyl (C=O) groups is 2. The fraction of sp³-hybridized carbons (Fsp3) is 0.917. The van der Waals surface area contributed by atoms with Crippen molar-refractivity contribution in [3.63, 3.8) is 0 Å². The molecule has 0 bridgehead atoms. The summed E-state index contributed by atoms with van der Waals surface area (Å²) in [5, 5.41) is 107. The summed E-state index contributed by atoms with van der Waals surface area (Å²) in [6.07, 6.45) is -16.6. The number of ether oxygens (including phenoxy) is 6. The number of fused-ring (bicyclic) bond motifs is 7. The number of aliphatic hydroxyl groups is 8. The van der Waals surface area contributed by atoms with E-state index in [1.165, 1.54) is 12.5 Å². The number of allylic oxidation sites excluding steroid dienone is 2. The van der Waals surface area contributed by atoms with E-state index in [0.29, 0.717) is 19.3 Å². The Bertz CT molecular complexity index is 1860. The summed E-state index contributed by atoms with van der Waals surface area (Å²) in [6, 6.07) is 0. The van der Waals surface area contributed by atoms with Crippen LogP contribution >= 0.6 is 0 Å². The number of aliphatic carboxylic acids is 2. The second kappa shape index (κ2) is 17.5. The van der Waals surface area contributed by atoms with Crippen LogP contribution in [0.2, 0.25) is 0 Å². The molecule has 4 saturated carbocycles. The van der Waals surface area contributed by atoms with Crippen LogP contribution in [-0.4, -0.2) is 168 Å². The zero-order valence-corrected chi connectivity index (χ0v) is 39.6. The first-order valence-electron chi connectivity index (χ1n) is 24.2. The SMILES string of the molecule is C[C@@H]1O[C@@H](O[C@H]2[C@H](O)[C@@H](C(=O)O)O[C@@H](O[C@H]3CC[C@@]4(C)[C@H](CC[C@]5(C)[C@@H]4CC=C4[C@@H]6CC(C)(C)CC[C@]6(C(=O)O)CC[C@]45C)C3(C)C)[C@@H]2O[C@@H]2O[C@H](CO)[C@@H](O)[C@H](O)[C@H]2O)[C@H](O)[C@H](O)[C@H]1O. The molecule has 7 fully saturated rings. The molecule has 0 unspecified atom stereocenters. The molecule has 0 amide bonds. The van der Waals surface area contributed by atoms with Gasteiger partial charge in [0.2, 0.25) is 0 Å². The van der Waals surface area contributed by atoms with Gasteiger partial charge in [0.25, 0.3) is 0 Å². The van der Waals surface area contributed by atoms with Gasteiger partial charge < -0.3 is 79.5 Å². The maximum Gasteiger partial charge on any atom is 0.335 e. The number of carboxylic acids is 2. The van der Waals surface area contributed by atoms with Crippen molar-refractivity contribution in [1.29, 1.82) is 0 Å².